The van der Waals surface area contributed by atoms with Gasteiger partial charge in [-0.2, -0.15) is 0 Å². The molecule has 0 spiro atoms. The van der Waals surface area contributed by atoms with Gasteiger partial charge in [-0.05, 0) is 120 Å². The summed E-state index contributed by atoms with van der Waals surface area (Å²) in [5.41, 5.74) is 21.0. The minimum absolute atomic E-state index is 0.357. The Kier molecular flexibility index (Phi) is 7.47. The van der Waals surface area contributed by atoms with Crippen LogP contribution in [0.5, 0.6) is 0 Å². The standard InChI is InChI=1S/C55H37N/c1-4-13-38(14-5-1)40-23-30-45(31-24-40)56(46-32-25-41(26-33-46)39-15-6-2-7-16-39)47-34-27-42(28-35-47)43-29-36-49-51-21-12-20-50-48-19-10-11-22-52(48)55(54(50)51,53(49)37-43)44-17-8-3-9-18-44/h1-37H. The third kappa shape index (κ3) is 4.95. The zero-order chi connectivity index (χ0) is 37.1. The number of hydrogen-bond acceptors (Lipinski definition) is 1. The Balaban J connectivity index is 1.01. The largest absolute Gasteiger partial charge is 0.311 e. The predicted molar refractivity (Wildman–Crippen MR) is 234 cm³/mol. The van der Waals surface area contributed by atoms with Gasteiger partial charge in [0, 0.05) is 17.1 Å². The van der Waals surface area contributed by atoms with Gasteiger partial charge in [0.25, 0.3) is 0 Å². The zero-order valence-electron chi connectivity index (χ0n) is 30.8. The van der Waals surface area contributed by atoms with Crippen LogP contribution in [0.25, 0.3) is 55.6 Å². The Hall–Kier alpha value is -7.22. The van der Waals surface area contributed by atoms with E-state index in [-0.39, 0.29) is 5.41 Å². The molecule has 0 saturated heterocycles. The lowest BCUT2D eigenvalue weighted by atomic mass is 9.70. The van der Waals surface area contributed by atoms with Crippen LogP contribution in [0.3, 0.4) is 0 Å². The van der Waals surface area contributed by atoms with Gasteiger partial charge in [0.1, 0.15) is 0 Å². The number of rotatable bonds is 7. The first-order valence-electron chi connectivity index (χ1n) is 19.4. The van der Waals surface area contributed by atoms with Crippen LogP contribution in [0.1, 0.15) is 22.3 Å². The molecule has 262 valence electrons. The third-order valence-electron chi connectivity index (χ3n) is 11.9. The molecule has 0 aliphatic heterocycles. The van der Waals surface area contributed by atoms with Crippen molar-refractivity contribution in [2.75, 3.05) is 4.90 Å². The van der Waals surface area contributed by atoms with E-state index in [1.807, 2.05) is 0 Å². The summed E-state index contributed by atoms with van der Waals surface area (Å²) in [4.78, 5) is 2.36. The van der Waals surface area contributed by atoms with E-state index in [1.54, 1.807) is 0 Å². The van der Waals surface area contributed by atoms with Gasteiger partial charge in [-0.1, -0.05) is 182 Å². The lowest BCUT2D eigenvalue weighted by Crippen LogP contribution is -2.26. The van der Waals surface area contributed by atoms with Crippen LogP contribution in [-0.2, 0) is 5.41 Å². The maximum atomic E-state index is 2.46. The van der Waals surface area contributed by atoms with E-state index >= 15 is 0 Å². The van der Waals surface area contributed by atoms with Gasteiger partial charge < -0.3 is 4.90 Å². The molecule has 0 amide bonds. The summed E-state index contributed by atoms with van der Waals surface area (Å²) in [7, 11) is 0. The van der Waals surface area contributed by atoms with E-state index < -0.39 is 0 Å². The topological polar surface area (TPSA) is 3.24 Å². The summed E-state index contributed by atoms with van der Waals surface area (Å²) in [5.74, 6) is 0. The van der Waals surface area contributed by atoms with Gasteiger partial charge in [0.05, 0.1) is 5.41 Å². The molecule has 0 fully saturated rings. The minimum Gasteiger partial charge on any atom is -0.311 e. The molecular formula is C55H37N. The van der Waals surface area contributed by atoms with Gasteiger partial charge in [-0.3, -0.25) is 0 Å². The highest BCUT2D eigenvalue weighted by atomic mass is 15.1. The molecule has 0 aromatic heterocycles. The van der Waals surface area contributed by atoms with E-state index in [9.17, 15) is 0 Å². The number of fused-ring (bicyclic) bond motifs is 6. The molecule has 1 heteroatoms. The van der Waals surface area contributed by atoms with Crippen LogP contribution in [-0.4, -0.2) is 0 Å². The lowest BCUT2D eigenvalue weighted by molar-refractivity contribution is 0.792. The van der Waals surface area contributed by atoms with Gasteiger partial charge in [0.2, 0.25) is 0 Å². The second-order valence-electron chi connectivity index (χ2n) is 14.9. The van der Waals surface area contributed by atoms with Crippen molar-refractivity contribution in [3.05, 3.63) is 247 Å². The summed E-state index contributed by atoms with van der Waals surface area (Å²) in [6.45, 7) is 0. The lowest BCUT2D eigenvalue weighted by Gasteiger charge is -2.31. The van der Waals surface area contributed by atoms with Gasteiger partial charge in [-0.25, -0.2) is 0 Å². The Morgan fingerprint density at radius 3 is 1.20 bits per heavy atom. The fraction of sp³-hybridized carbons (Fsp3) is 0.0182. The highest BCUT2D eigenvalue weighted by Gasteiger charge is 2.52. The molecular weight excluding hydrogens is 675 g/mol. The van der Waals surface area contributed by atoms with Crippen molar-refractivity contribution in [1.82, 2.24) is 0 Å². The molecule has 1 atom stereocenters. The fourth-order valence-electron chi connectivity index (χ4n) is 9.39. The Morgan fingerprint density at radius 1 is 0.268 bits per heavy atom. The molecule has 11 rings (SSSR count). The number of anilines is 3. The molecule has 0 heterocycles. The SMILES string of the molecule is c1ccc(-c2ccc(N(c3ccc(-c4ccccc4)cc3)c3ccc(-c4ccc5c(c4)C4(c6ccccc6)c6ccccc6-c6cccc-5c64)cc3)cc2)cc1. The van der Waals surface area contributed by atoms with Crippen molar-refractivity contribution < 1.29 is 0 Å². The van der Waals surface area contributed by atoms with Gasteiger partial charge in [-0.15, -0.1) is 0 Å². The molecule has 9 aromatic rings. The quantitative estimate of drug-likeness (QED) is 0.159. The molecule has 1 unspecified atom stereocenters. The fourth-order valence-corrected chi connectivity index (χ4v) is 9.39. The molecule has 9 aromatic carbocycles. The highest BCUT2D eigenvalue weighted by Crippen LogP contribution is 2.64. The van der Waals surface area contributed by atoms with Crippen LogP contribution < -0.4 is 4.90 Å². The Morgan fingerprint density at radius 2 is 0.661 bits per heavy atom. The summed E-state index contributed by atoms with van der Waals surface area (Å²) in [6, 6.07) is 82.2. The van der Waals surface area contributed by atoms with Crippen molar-refractivity contribution in [1.29, 1.82) is 0 Å². The highest BCUT2D eigenvalue weighted by molar-refractivity contribution is 5.99. The minimum atomic E-state index is -0.357. The van der Waals surface area contributed by atoms with E-state index in [1.165, 1.54) is 77.9 Å². The first kappa shape index (κ1) is 32.2. The third-order valence-corrected chi connectivity index (χ3v) is 11.9. The Bertz CT molecular complexity index is 2780. The first-order valence-corrected chi connectivity index (χ1v) is 19.4. The summed E-state index contributed by atoms with van der Waals surface area (Å²) in [5, 5.41) is 0. The average Bonchev–Trinajstić information content (AvgIpc) is 3.76. The van der Waals surface area contributed by atoms with Crippen LogP contribution in [0.15, 0.2) is 224 Å². The number of nitrogens with zero attached hydrogens (tertiary/aromatic N) is 1. The molecule has 1 nitrogen and oxygen atoms in total. The number of benzene rings is 9. The Labute approximate surface area is 328 Å². The normalized spacial score (nSPS) is 14.5. The van der Waals surface area contributed by atoms with E-state index in [4.69, 9.17) is 0 Å². The van der Waals surface area contributed by atoms with E-state index in [2.05, 4.69) is 229 Å². The van der Waals surface area contributed by atoms with Crippen LogP contribution in [0.2, 0.25) is 0 Å². The predicted octanol–water partition coefficient (Wildman–Crippen LogP) is 14.5. The number of hydrogen-bond donors (Lipinski definition) is 0. The first-order chi connectivity index (χ1) is 27.8. The maximum Gasteiger partial charge on any atom is 0.0725 e. The van der Waals surface area contributed by atoms with Crippen LogP contribution in [0.4, 0.5) is 17.1 Å². The summed E-state index contributed by atoms with van der Waals surface area (Å²) < 4.78 is 0. The van der Waals surface area contributed by atoms with Crippen molar-refractivity contribution in [3.63, 3.8) is 0 Å². The molecule has 0 N–H and O–H groups in total. The monoisotopic (exact) mass is 711 g/mol. The van der Waals surface area contributed by atoms with Crippen molar-refractivity contribution in [2.24, 2.45) is 0 Å². The molecule has 0 saturated carbocycles. The van der Waals surface area contributed by atoms with Crippen LogP contribution >= 0.6 is 0 Å². The van der Waals surface area contributed by atoms with Crippen molar-refractivity contribution in [3.8, 4) is 55.6 Å². The second-order valence-corrected chi connectivity index (χ2v) is 14.9. The van der Waals surface area contributed by atoms with Gasteiger partial charge >= 0.3 is 0 Å². The maximum absolute atomic E-state index is 2.46. The van der Waals surface area contributed by atoms with E-state index in [0.717, 1.165) is 17.1 Å². The summed E-state index contributed by atoms with van der Waals surface area (Å²) in [6.07, 6.45) is 0. The van der Waals surface area contributed by atoms with Crippen molar-refractivity contribution in [2.45, 2.75) is 5.41 Å². The molecule has 0 bridgehead atoms. The molecule has 56 heavy (non-hydrogen) atoms. The average molecular weight is 712 g/mol. The molecule has 2 aliphatic rings. The summed E-state index contributed by atoms with van der Waals surface area (Å²) >= 11 is 0. The zero-order valence-corrected chi connectivity index (χ0v) is 30.8. The molecule has 2 aliphatic carbocycles. The van der Waals surface area contributed by atoms with Crippen molar-refractivity contribution >= 4 is 17.1 Å². The smallest absolute Gasteiger partial charge is 0.0725 e. The van der Waals surface area contributed by atoms with E-state index in [0.29, 0.717) is 0 Å². The van der Waals surface area contributed by atoms with Crippen LogP contribution in [0, 0.1) is 0 Å². The van der Waals surface area contributed by atoms with Gasteiger partial charge in [0.15, 0.2) is 0 Å². The second kappa shape index (κ2) is 13.0. The molecule has 0 radical (unpaired) electrons.